The second kappa shape index (κ2) is 6.96. The van der Waals surface area contributed by atoms with E-state index >= 15 is 0 Å². The van der Waals surface area contributed by atoms with Crippen LogP contribution in [0.3, 0.4) is 0 Å². The fourth-order valence-corrected chi connectivity index (χ4v) is 2.32. The van der Waals surface area contributed by atoms with Crippen molar-refractivity contribution in [1.29, 1.82) is 0 Å². The first kappa shape index (κ1) is 14.4. The van der Waals surface area contributed by atoms with E-state index in [4.69, 9.17) is 9.47 Å². The zero-order chi connectivity index (χ0) is 14.4. The molecule has 0 amide bonds. The molecular weight excluding hydrogens is 252 g/mol. The van der Waals surface area contributed by atoms with Crippen molar-refractivity contribution in [3.63, 3.8) is 0 Å². The van der Waals surface area contributed by atoms with E-state index in [0.717, 1.165) is 22.6 Å². The Kier molecular flexibility index (Phi) is 5.02. The van der Waals surface area contributed by atoms with E-state index in [1.807, 2.05) is 48.5 Å². The molecule has 0 atom stereocenters. The molecule has 2 aromatic carbocycles. The van der Waals surface area contributed by atoms with Gasteiger partial charge >= 0.3 is 0 Å². The van der Waals surface area contributed by atoms with Crippen LogP contribution >= 0.6 is 0 Å². The van der Waals surface area contributed by atoms with Crippen molar-refractivity contribution < 1.29 is 14.6 Å². The Hall–Kier alpha value is -2.00. The molecule has 3 nitrogen and oxygen atoms in total. The summed E-state index contributed by atoms with van der Waals surface area (Å²) in [6, 6.07) is 15.5. The summed E-state index contributed by atoms with van der Waals surface area (Å²) in [7, 11) is 3.29. The van der Waals surface area contributed by atoms with E-state index in [-0.39, 0.29) is 0 Å². The Labute approximate surface area is 119 Å². The maximum absolute atomic E-state index is 10.3. The molecule has 3 heteroatoms. The Morgan fingerprint density at radius 1 is 0.800 bits per heavy atom. The Morgan fingerprint density at radius 2 is 1.20 bits per heavy atom. The van der Waals surface area contributed by atoms with Crippen LogP contribution in [0.5, 0.6) is 11.5 Å². The van der Waals surface area contributed by atoms with Gasteiger partial charge in [-0.15, -0.1) is 0 Å². The van der Waals surface area contributed by atoms with Gasteiger partial charge in [-0.25, -0.2) is 0 Å². The van der Waals surface area contributed by atoms with Gasteiger partial charge in [-0.2, -0.15) is 0 Å². The SMILES string of the molecule is COc1ccccc1CC(O)Cc1ccccc1OC. The first-order chi connectivity index (χ1) is 9.74. The Balaban J connectivity index is 2.07. The maximum atomic E-state index is 10.3. The molecule has 20 heavy (non-hydrogen) atoms. The van der Waals surface area contributed by atoms with Crippen molar-refractivity contribution in [1.82, 2.24) is 0 Å². The van der Waals surface area contributed by atoms with E-state index < -0.39 is 6.10 Å². The topological polar surface area (TPSA) is 38.7 Å². The van der Waals surface area contributed by atoms with Crippen LogP contribution in [-0.4, -0.2) is 25.4 Å². The highest BCUT2D eigenvalue weighted by Gasteiger charge is 2.12. The van der Waals surface area contributed by atoms with E-state index in [0.29, 0.717) is 12.8 Å². The number of hydrogen-bond donors (Lipinski definition) is 1. The monoisotopic (exact) mass is 272 g/mol. The van der Waals surface area contributed by atoms with Gasteiger partial charge in [0.25, 0.3) is 0 Å². The number of rotatable bonds is 6. The molecule has 1 N–H and O–H groups in total. The second-order valence-corrected chi connectivity index (χ2v) is 4.69. The average Bonchev–Trinajstić information content (AvgIpc) is 2.48. The van der Waals surface area contributed by atoms with E-state index in [2.05, 4.69) is 0 Å². The summed E-state index contributed by atoms with van der Waals surface area (Å²) in [5, 5.41) is 10.3. The third kappa shape index (κ3) is 3.52. The molecule has 0 unspecified atom stereocenters. The molecule has 0 aliphatic rings. The van der Waals surface area contributed by atoms with Gasteiger partial charge in [0.1, 0.15) is 11.5 Å². The van der Waals surface area contributed by atoms with Crippen LogP contribution < -0.4 is 9.47 Å². The molecule has 0 saturated heterocycles. The summed E-state index contributed by atoms with van der Waals surface area (Å²) in [4.78, 5) is 0. The van der Waals surface area contributed by atoms with Crippen molar-refractivity contribution in [2.75, 3.05) is 14.2 Å². The second-order valence-electron chi connectivity index (χ2n) is 4.69. The van der Waals surface area contributed by atoms with Crippen LogP contribution in [0.25, 0.3) is 0 Å². The van der Waals surface area contributed by atoms with Gasteiger partial charge in [0.05, 0.1) is 20.3 Å². The Bertz CT molecular complexity index is 502. The molecule has 0 saturated carbocycles. The molecule has 0 aliphatic heterocycles. The van der Waals surface area contributed by atoms with E-state index in [9.17, 15) is 5.11 Å². The first-order valence-electron chi connectivity index (χ1n) is 6.66. The highest BCUT2D eigenvalue weighted by molar-refractivity contribution is 5.36. The fourth-order valence-electron chi connectivity index (χ4n) is 2.32. The van der Waals surface area contributed by atoms with Gasteiger partial charge in [-0.1, -0.05) is 36.4 Å². The molecule has 0 spiro atoms. The number of ether oxygens (including phenoxy) is 2. The third-order valence-corrected chi connectivity index (χ3v) is 3.30. The molecule has 106 valence electrons. The van der Waals surface area contributed by atoms with Crippen molar-refractivity contribution in [3.8, 4) is 11.5 Å². The van der Waals surface area contributed by atoms with Crippen molar-refractivity contribution >= 4 is 0 Å². The molecule has 2 aromatic rings. The minimum Gasteiger partial charge on any atom is -0.496 e. The van der Waals surface area contributed by atoms with Gasteiger partial charge in [0.2, 0.25) is 0 Å². The summed E-state index contributed by atoms with van der Waals surface area (Å²) < 4.78 is 10.6. The van der Waals surface area contributed by atoms with Gasteiger partial charge in [-0.05, 0) is 23.3 Å². The lowest BCUT2D eigenvalue weighted by Crippen LogP contribution is -2.15. The first-order valence-corrected chi connectivity index (χ1v) is 6.66. The molecule has 0 aliphatic carbocycles. The quantitative estimate of drug-likeness (QED) is 0.879. The summed E-state index contributed by atoms with van der Waals surface area (Å²) in [5.74, 6) is 1.62. The molecule has 0 fully saturated rings. The van der Waals surface area contributed by atoms with Crippen LogP contribution in [0.15, 0.2) is 48.5 Å². The standard InChI is InChI=1S/C17H20O3/c1-19-16-9-5-3-7-13(16)11-15(18)12-14-8-4-6-10-17(14)20-2/h3-10,15,18H,11-12H2,1-2H3. The summed E-state index contributed by atoms with van der Waals surface area (Å²) in [6.45, 7) is 0. The zero-order valence-electron chi connectivity index (χ0n) is 11.9. The summed E-state index contributed by atoms with van der Waals surface area (Å²) in [6.07, 6.45) is 0.645. The van der Waals surface area contributed by atoms with E-state index in [1.165, 1.54) is 0 Å². The molecule has 0 aromatic heterocycles. The van der Waals surface area contributed by atoms with Crippen LogP contribution in [-0.2, 0) is 12.8 Å². The number of aliphatic hydroxyl groups excluding tert-OH is 1. The molecule has 0 heterocycles. The van der Waals surface area contributed by atoms with Crippen LogP contribution in [0.4, 0.5) is 0 Å². The van der Waals surface area contributed by atoms with Crippen LogP contribution in [0.1, 0.15) is 11.1 Å². The van der Waals surface area contributed by atoms with Crippen molar-refractivity contribution in [2.24, 2.45) is 0 Å². The smallest absolute Gasteiger partial charge is 0.122 e. The highest BCUT2D eigenvalue weighted by Crippen LogP contribution is 2.23. The average molecular weight is 272 g/mol. The molecular formula is C17H20O3. The fraction of sp³-hybridized carbons (Fsp3) is 0.294. The van der Waals surface area contributed by atoms with Gasteiger partial charge < -0.3 is 14.6 Å². The van der Waals surface area contributed by atoms with E-state index in [1.54, 1.807) is 14.2 Å². The normalized spacial score (nSPS) is 10.6. The number of hydrogen-bond acceptors (Lipinski definition) is 3. The van der Waals surface area contributed by atoms with Crippen molar-refractivity contribution in [2.45, 2.75) is 18.9 Å². The minimum atomic E-state index is -0.470. The molecule has 2 rings (SSSR count). The van der Waals surface area contributed by atoms with Crippen LogP contribution in [0.2, 0.25) is 0 Å². The van der Waals surface area contributed by atoms with Gasteiger partial charge in [0, 0.05) is 12.8 Å². The molecule has 0 bridgehead atoms. The lowest BCUT2D eigenvalue weighted by atomic mass is 10.00. The lowest BCUT2D eigenvalue weighted by Gasteiger charge is -2.15. The maximum Gasteiger partial charge on any atom is 0.122 e. The Morgan fingerprint density at radius 3 is 1.60 bits per heavy atom. The van der Waals surface area contributed by atoms with Crippen molar-refractivity contribution in [3.05, 3.63) is 59.7 Å². The summed E-state index contributed by atoms with van der Waals surface area (Å²) >= 11 is 0. The predicted molar refractivity (Wildman–Crippen MR) is 79.4 cm³/mol. The number of benzene rings is 2. The van der Waals surface area contributed by atoms with Crippen LogP contribution in [0, 0.1) is 0 Å². The number of para-hydroxylation sites is 2. The summed E-state index contributed by atoms with van der Waals surface area (Å²) in [5.41, 5.74) is 2.02. The number of methoxy groups -OCH3 is 2. The predicted octanol–water partition coefficient (Wildman–Crippen LogP) is 2.85. The lowest BCUT2D eigenvalue weighted by molar-refractivity contribution is 0.173. The largest absolute Gasteiger partial charge is 0.496 e. The zero-order valence-corrected chi connectivity index (χ0v) is 11.9. The molecule has 0 radical (unpaired) electrons. The van der Waals surface area contributed by atoms with Gasteiger partial charge in [-0.3, -0.25) is 0 Å². The minimum absolute atomic E-state index is 0.470. The highest BCUT2D eigenvalue weighted by atomic mass is 16.5. The van der Waals surface area contributed by atoms with Gasteiger partial charge in [0.15, 0.2) is 0 Å². The number of aliphatic hydroxyl groups is 1. The third-order valence-electron chi connectivity index (χ3n) is 3.30.